The van der Waals surface area contributed by atoms with Crippen molar-refractivity contribution < 1.29 is 14.5 Å². The lowest BCUT2D eigenvalue weighted by molar-refractivity contribution is 0.0588. The molecule has 1 aromatic heterocycles. The van der Waals surface area contributed by atoms with Crippen LogP contribution in [0.25, 0.3) is 0 Å². The number of aromatic nitrogens is 1. The van der Waals surface area contributed by atoms with Crippen LogP contribution in [0.5, 0.6) is 0 Å². The number of halogens is 2. The van der Waals surface area contributed by atoms with Crippen molar-refractivity contribution in [3.8, 4) is 0 Å². The van der Waals surface area contributed by atoms with Gasteiger partial charge < -0.3 is 9.42 Å². The van der Waals surface area contributed by atoms with Crippen molar-refractivity contribution in [1.82, 2.24) is 15.0 Å². The third-order valence-corrected chi connectivity index (χ3v) is 6.02. The van der Waals surface area contributed by atoms with Crippen molar-refractivity contribution in [3.05, 3.63) is 81.2 Å². The zero-order chi connectivity index (χ0) is 22.0. The summed E-state index contributed by atoms with van der Waals surface area (Å²) in [6, 6.07) is 15.6. The molecule has 0 radical (unpaired) electrons. The fourth-order valence-electron chi connectivity index (χ4n) is 3.89. The Hall–Kier alpha value is -2.58. The van der Waals surface area contributed by atoms with Crippen LogP contribution in [-0.4, -0.2) is 52.2 Å². The molecular weight excluding hydrogens is 439 g/mol. The fourth-order valence-corrected chi connectivity index (χ4v) is 4.14. The van der Waals surface area contributed by atoms with Gasteiger partial charge in [-0.3, -0.25) is 20.4 Å². The number of rotatable bonds is 5. The van der Waals surface area contributed by atoms with Gasteiger partial charge in [-0.05, 0) is 42.3 Å². The van der Waals surface area contributed by atoms with E-state index in [4.69, 9.17) is 27.7 Å². The Bertz CT molecular complexity index is 1000. The zero-order valence-electron chi connectivity index (χ0n) is 16.9. The molecule has 0 spiro atoms. The molecule has 2 heterocycles. The van der Waals surface area contributed by atoms with Crippen LogP contribution in [0, 0.1) is 6.92 Å². The first kappa shape index (κ1) is 21.6. The van der Waals surface area contributed by atoms with E-state index in [1.165, 1.54) is 0 Å². The number of benzene rings is 2. The third kappa shape index (κ3) is 4.55. The lowest BCUT2D eigenvalue weighted by Crippen LogP contribution is -2.50. The van der Waals surface area contributed by atoms with E-state index in [1.54, 1.807) is 11.8 Å². The Labute approximate surface area is 190 Å². The van der Waals surface area contributed by atoms with Gasteiger partial charge in [-0.15, -0.1) is 0 Å². The molecule has 3 aromatic rings. The summed E-state index contributed by atoms with van der Waals surface area (Å²) in [6.07, 6.45) is 0. The summed E-state index contributed by atoms with van der Waals surface area (Å²) in [6.45, 7) is 4.00. The first-order valence-corrected chi connectivity index (χ1v) is 10.6. The molecule has 9 heteroatoms. The molecule has 31 heavy (non-hydrogen) atoms. The van der Waals surface area contributed by atoms with Gasteiger partial charge in [0.2, 0.25) is 0 Å². The standard InChI is InChI=1S/C22H22Cl2N4O3/c1-14-19(25-30)20(26-31-14)22(29)28-12-10-27(11-13-28)21(15-2-6-17(23)7-3-15)16-4-8-18(24)9-5-16/h2-9,21,25,30H,10-13H2,1H3. The van der Waals surface area contributed by atoms with Gasteiger partial charge in [0.05, 0.1) is 6.04 Å². The molecule has 1 aliphatic heterocycles. The number of carbonyl (C=O) groups is 1. The number of piperazine rings is 1. The Morgan fingerprint density at radius 3 is 2.00 bits per heavy atom. The first-order chi connectivity index (χ1) is 15.0. The van der Waals surface area contributed by atoms with E-state index in [-0.39, 0.29) is 23.3 Å². The van der Waals surface area contributed by atoms with Crippen LogP contribution in [0.4, 0.5) is 5.69 Å². The van der Waals surface area contributed by atoms with E-state index in [9.17, 15) is 10.0 Å². The normalized spacial score (nSPS) is 14.8. The summed E-state index contributed by atoms with van der Waals surface area (Å²) < 4.78 is 5.04. The number of nitrogens with one attached hydrogen (secondary N) is 1. The van der Waals surface area contributed by atoms with Crippen molar-refractivity contribution in [3.63, 3.8) is 0 Å². The Balaban J connectivity index is 1.54. The number of hydrogen-bond acceptors (Lipinski definition) is 6. The SMILES string of the molecule is Cc1onc(C(=O)N2CCN(C(c3ccc(Cl)cc3)c3ccc(Cl)cc3)CC2)c1NO. The quantitative estimate of drug-likeness (QED) is 0.539. The Morgan fingerprint density at radius 1 is 1.00 bits per heavy atom. The van der Waals surface area contributed by atoms with Crippen molar-refractivity contribution in [2.45, 2.75) is 13.0 Å². The van der Waals surface area contributed by atoms with Gasteiger partial charge in [-0.1, -0.05) is 52.6 Å². The minimum atomic E-state index is -0.275. The smallest absolute Gasteiger partial charge is 0.278 e. The second-order valence-electron chi connectivity index (χ2n) is 7.41. The van der Waals surface area contributed by atoms with Crippen LogP contribution < -0.4 is 5.48 Å². The van der Waals surface area contributed by atoms with E-state index in [2.05, 4.69) is 10.1 Å². The second-order valence-corrected chi connectivity index (χ2v) is 8.28. The van der Waals surface area contributed by atoms with Crippen molar-refractivity contribution >= 4 is 34.8 Å². The molecule has 0 aliphatic carbocycles. The first-order valence-electron chi connectivity index (χ1n) is 9.88. The molecule has 1 amide bonds. The minimum Gasteiger partial charge on any atom is -0.359 e. The number of anilines is 1. The van der Waals surface area contributed by atoms with Crippen LogP contribution in [0.3, 0.4) is 0 Å². The molecule has 0 bridgehead atoms. The number of aryl methyl sites for hydroxylation is 1. The molecule has 162 valence electrons. The summed E-state index contributed by atoms with van der Waals surface area (Å²) in [5, 5.41) is 14.5. The average Bonchev–Trinajstić information content (AvgIpc) is 3.17. The van der Waals surface area contributed by atoms with Gasteiger partial charge in [-0.2, -0.15) is 0 Å². The maximum Gasteiger partial charge on any atom is 0.278 e. The molecule has 0 unspecified atom stereocenters. The summed E-state index contributed by atoms with van der Waals surface area (Å²) in [5.41, 5.74) is 4.52. The van der Waals surface area contributed by atoms with E-state index >= 15 is 0 Å². The largest absolute Gasteiger partial charge is 0.359 e. The molecule has 2 aromatic carbocycles. The Kier molecular flexibility index (Phi) is 6.48. The van der Waals surface area contributed by atoms with Crippen LogP contribution in [-0.2, 0) is 0 Å². The molecule has 0 atom stereocenters. The molecule has 7 nitrogen and oxygen atoms in total. The molecule has 2 N–H and O–H groups in total. The van der Waals surface area contributed by atoms with Gasteiger partial charge in [0, 0.05) is 36.2 Å². The van der Waals surface area contributed by atoms with Crippen molar-refractivity contribution in [2.24, 2.45) is 0 Å². The van der Waals surface area contributed by atoms with E-state index < -0.39 is 0 Å². The van der Waals surface area contributed by atoms with Crippen molar-refractivity contribution in [1.29, 1.82) is 0 Å². The van der Waals surface area contributed by atoms with Gasteiger partial charge in [-0.25, -0.2) is 0 Å². The van der Waals surface area contributed by atoms with E-state index in [0.29, 0.717) is 42.0 Å². The van der Waals surface area contributed by atoms with Gasteiger partial charge in [0.25, 0.3) is 5.91 Å². The average molecular weight is 461 g/mol. The fraction of sp³-hybridized carbons (Fsp3) is 0.273. The van der Waals surface area contributed by atoms with Crippen LogP contribution >= 0.6 is 23.2 Å². The monoisotopic (exact) mass is 460 g/mol. The van der Waals surface area contributed by atoms with Crippen LogP contribution in [0.15, 0.2) is 53.1 Å². The molecule has 1 saturated heterocycles. The second kappa shape index (κ2) is 9.28. The third-order valence-electron chi connectivity index (χ3n) is 5.52. The van der Waals surface area contributed by atoms with Gasteiger partial charge in [0.15, 0.2) is 11.5 Å². The molecule has 0 saturated carbocycles. The molecular formula is C22H22Cl2N4O3. The predicted octanol–water partition coefficient (Wildman–Crippen LogP) is 4.64. The number of amides is 1. The molecule has 1 fully saturated rings. The maximum absolute atomic E-state index is 12.9. The molecule has 4 rings (SSSR count). The summed E-state index contributed by atoms with van der Waals surface area (Å²) in [5.74, 6) is 0.0811. The number of carbonyl (C=O) groups excluding carboxylic acids is 1. The van der Waals surface area contributed by atoms with E-state index in [0.717, 1.165) is 11.1 Å². The predicted molar refractivity (Wildman–Crippen MR) is 119 cm³/mol. The van der Waals surface area contributed by atoms with Crippen LogP contribution in [0.2, 0.25) is 10.0 Å². The highest BCUT2D eigenvalue weighted by Gasteiger charge is 2.31. The number of hydrogen-bond donors (Lipinski definition) is 2. The lowest BCUT2D eigenvalue weighted by atomic mass is 9.96. The lowest BCUT2D eigenvalue weighted by Gasteiger charge is -2.39. The summed E-state index contributed by atoms with van der Waals surface area (Å²) in [7, 11) is 0. The Morgan fingerprint density at radius 2 is 1.52 bits per heavy atom. The van der Waals surface area contributed by atoms with Crippen LogP contribution in [0.1, 0.15) is 33.4 Å². The minimum absolute atomic E-state index is 0.00995. The highest BCUT2D eigenvalue weighted by atomic mass is 35.5. The topological polar surface area (TPSA) is 81.8 Å². The van der Waals surface area contributed by atoms with Gasteiger partial charge in [0.1, 0.15) is 5.69 Å². The van der Waals surface area contributed by atoms with Crippen molar-refractivity contribution in [2.75, 3.05) is 31.7 Å². The summed E-state index contributed by atoms with van der Waals surface area (Å²) in [4.78, 5) is 16.9. The maximum atomic E-state index is 12.9. The number of nitrogens with zero attached hydrogens (tertiary/aromatic N) is 3. The highest BCUT2D eigenvalue weighted by molar-refractivity contribution is 6.30. The van der Waals surface area contributed by atoms with E-state index in [1.807, 2.05) is 54.0 Å². The zero-order valence-corrected chi connectivity index (χ0v) is 18.4. The van der Waals surface area contributed by atoms with Gasteiger partial charge >= 0.3 is 0 Å². The highest BCUT2D eigenvalue weighted by Crippen LogP contribution is 2.31. The summed E-state index contributed by atoms with van der Waals surface area (Å²) >= 11 is 12.2. The molecule has 1 aliphatic rings.